The van der Waals surface area contributed by atoms with Gasteiger partial charge >= 0.3 is 5.97 Å². The van der Waals surface area contributed by atoms with E-state index in [-0.39, 0.29) is 41.8 Å². The number of hydrogen-bond donors (Lipinski definition) is 1. The van der Waals surface area contributed by atoms with Crippen molar-refractivity contribution in [3.8, 4) is 0 Å². The molecule has 1 saturated carbocycles. The zero-order valence-electron chi connectivity index (χ0n) is 13.1. The second-order valence-corrected chi connectivity index (χ2v) is 5.66. The third-order valence-corrected chi connectivity index (χ3v) is 3.72. The molecule has 1 heterocycles. The van der Waals surface area contributed by atoms with E-state index in [1.165, 1.54) is 6.07 Å². The van der Waals surface area contributed by atoms with Gasteiger partial charge in [0.15, 0.2) is 0 Å². The first-order valence-corrected chi connectivity index (χ1v) is 7.70. The van der Waals surface area contributed by atoms with E-state index < -0.39 is 17.7 Å². The number of rotatable bonds is 6. The van der Waals surface area contributed by atoms with Crippen molar-refractivity contribution in [2.45, 2.75) is 26.2 Å². The van der Waals surface area contributed by atoms with Crippen molar-refractivity contribution < 1.29 is 27.9 Å². The fourth-order valence-corrected chi connectivity index (χ4v) is 2.41. The number of benzene rings is 1. The van der Waals surface area contributed by atoms with Crippen LogP contribution in [0.2, 0.25) is 0 Å². The van der Waals surface area contributed by atoms with Gasteiger partial charge in [-0.15, -0.1) is 0 Å². The van der Waals surface area contributed by atoms with Crippen LogP contribution in [0.4, 0.5) is 10.1 Å². The molecule has 0 unspecified atom stereocenters. The van der Waals surface area contributed by atoms with Gasteiger partial charge in [0.1, 0.15) is 17.2 Å². The first-order chi connectivity index (χ1) is 11.5. The Morgan fingerprint density at radius 3 is 2.71 bits per heavy atom. The highest BCUT2D eigenvalue weighted by atomic mass is 19.1. The van der Waals surface area contributed by atoms with Crippen molar-refractivity contribution in [3.05, 3.63) is 29.8 Å². The van der Waals surface area contributed by atoms with Gasteiger partial charge in [0, 0.05) is 23.4 Å². The Balaban J connectivity index is 1.84. The van der Waals surface area contributed by atoms with Crippen LogP contribution in [-0.2, 0) is 14.3 Å². The van der Waals surface area contributed by atoms with Crippen LogP contribution in [0.1, 0.15) is 36.7 Å². The summed E-state index contributed by atoms with van der Waals surface area (Å²) in [6.07, 6.45) is 1.40. The summed E-state index contributed by atoms with van der Waals surface area (Å²) in [5.74, 6) is -2.03. The third-order valence-electron chi connectivity index (χ3n) is 3.72. The average Bonchev–Trinajstić information content (AvgIpc) is 3.27. The molecule has 0 spiro atoms. The topological polar surface area (TPSA) is 85.6 Å². The molecule has 0 bridgehead atoms. The maximum absolute atomic E-state index is 13.7. The molecule has 1 aromatic heterocycles. The Hall–Kier alpha value is -2.70. The van der Waals surface area contributed by atoms with Crippen molar-refractivity contribution in [2.24, 2.45) is 5.92 Å². The molecule has 126 valence electrons. The van der Waals surface area contributed by atoms with E-state index in [1.54, 1.807) is 6.92 Å². The molecular formula is C17H16FNO5. The van der Waals surface area contributed by atoms with E-state index in [9.17, 15) is 18.8 Å². The van der Waals surface area contributed by atoms with Gasteiger partial charge in [-0.2, -0.15) is 0 Å². The van der Waals surface area contributed by atoms with Crippen molar-refractivity contribution in [1.82, 2.24) is 0 Å². The number of carbonyl (C=O) groups is 3. The summed E-state index contributed by atoms with van der Waals surface area (Å²) in [5.41, 5.74) is 0.264. The Bertz CT molecular complexity index is 822. The lowest BCUT2D eigenvalue weighted by molar-refractivity contribution is -0.126. The van der Waals surface area contributed by atoms with Crippen LogP contribution in [0.25, 0.3) is 11.0 Å². The van der Waals surface area contributed by atoms with Gasteiger partial charge in [0.25, 0.3) is 0 Å². The first kappa shape index (κ1) is 16.2. The van der Waals surface area contributed by atoms with Crippen LogP contribution in [0, 0.1) is 11.7 Å². The van der Waals surface area contributed by atoms with Crippen molar-refractivity contribution >= 4 is 34.3 Å². The number of nitrogens with one attached hydrogen (secondary N) is 1. The van der Waals surface area contributed by atoms with Crippen LogP contribution in [0.3, 0.4) is 0 Å². The molecule has 1 N–H and O–H groups in total. The van der Waals surface area contributed by atoms with Gasteiger partial charge in [-0.1, -0.05) is 0 Å². The second-order valence-electron chi connectivity index (χ2n) is 5.66. The van der Waals surface area contributed by atoms with E-state index in [0.29, 0.717) is 5.39 Å². The number of fused-ring (bicyclic) bond motifs is 1. The highest BCUT2D eigenvalue weighted by molar-refractivity contribution is 6.09. The van der Waals surface area contributed by atoms with E-state index in [2.05, 4.69) is 5.32 Å². The van der Waals surface area contributed by atoms with Crippen LogP contribution in [0.5, 0.6) is 0 Å². The Morgan fingerprint density at radius 2 is 2.04 bits per heavy atom. The first-order valence-electron chi connectivity index (χ1n) is 7.70. The van der Waals surface area contributed by atoms with Gasteiger partial charge in [-0.3, -0.25) is 9.59 Å². The molecule has 0 radical (unpaired) electrons. The summed E-state index contributed by atoms with van der Waals surface area (Å²) in [5, 5.41) is 2.88. The van der Waals surface area contributed by atoms with Crippen LogP contribution >= 0.6 is 0 Å². The van der Waals surface area contributed by atoms with E-state index >= 15 is 0 Å². The van der Waals surface area contributed by atoms with Crippen LogP contribution < -0.4 is 5.32 Å². The van der Waals surface area contributed by atoms with Gasteiger partial charge < -0.3 is 14.5 Å². The number of carbonyl (C=O) groups excluding carboxylic acids is 3. The molecule has 6 nitrogen and oxygen atoms in total. The molecular weight excluding hydrogens is 317 g/mol. The molecule has 0 saturated heterocycles. The quantitative estimate of drug-likeness (QED) is 0.648. The van der Waals surface area contributed by atoms with Gasteiger partial charge in [-0.05, 0) is 25.8 Å². The number of ketones is 1. The lowest BCUT2D eigenvalue weighted by Gasteiger charge is -2.06. The van der Waals surface area contributed by atoms with Crippen LogP contribution in [0.15, 0.2) is 22.6 Å². The minimum absolute atomic E-state index is 0.0207. The zero-order chi connectivity index (χ0) is 17.3. The molecule has 0 aliphatic heterocycles. The predicted octanol–water partition coefficient (Wildman–Crippen LogP) is 3.06. The van der Waals surface area contributed by atoms with Crippen molar-refractivity contribution in [2.75, 3.05) is 11.9 Å². The smallest absolute Gasteiger partial charge is 0.374 e. The fourth-order valence-electron chi connectivity index (χ4n) is 2.41. The number of amides is 1. The number of esters is 1. The molecule has 1 fully saturated rings. The standard InChI is InChI=1S/C17H16FNO5/c1-2-23-17(22)15-7-11-12(5-10(18)6-14(11)24-15)19-16(21)8-13(20)9-3-4-9/h5-7,9H,2-4,8H2,1H3,(H,19,21). The largest absolute Gasteiger partial charge is 0.460 e. The minimum Gasteiger partial charge on any atom is -0.460 e. The third kappa shape index (κ3) is 3.45. The van der Waals surface area contributed by atoms with Crippen LogP contribution in [-0.4, -0.2) is 24.3 Å². The minimum atomic E-state index is -0.671. The number of halogens is 1. The number of anilines is 1. The average molecular weight is 333 g/mol. The number of furan rings is 1. The Labute approximate surface area is 136 Å². The Morgan fingerprint density at radius 1 is 1.29 bits per heavy atom. The normalized spacial score (nSPS) is 13.8. The maximum Gasteiger partial charge on any atom is 0.374 e. The summed E-state index contributed by atoms with van der Waals surface area (Å²) in [6.45, 7) is 1.83. The molecule has 24 heavy (non-hydrogen) atoms. The summed E-state index contributed by atoms with van der Waals surface area (Å²) < 4.78 is 23.8. The molecule has 7 heteroatoms. The molecule has 1 amide bonds. The lowest BCUT2D eigenvalue weighted by atomic mass is 10.1. The molecule has 0 atom stereocenters. The summed E-state index contributed by atoms with van der Waals surface area (Å²) >= 11 is 0. The zero-order valence-corrected chi connectivity index (χ0v) is 13.1. The molecule has 2 aromatic rings. The SMILES string of the molecule is CCOC(=O)c1cc2c(NC(=O)CC(=O)C3CC3)cc(F)cc2o1. The molecule has 1 aromatic carbocycles. The fraction of sp³-hybridized carbons (Fsp3) is 0.353. The molecule has 1 aliphatic carbocycles. The maximum atomic E-state index is 13.7. The van der Waals surface area contributed by atoms with E-state index in [1.807, 2.05) is 0 Å². The van der Waals surface area contributed by atoms with Gasteiger partial charge in [0.2, 0.25) is 11.7 Å². The predicted molar refractivity (Wildman–Crippen MR) is 83.1 cm³/mol. The van der Waals surface area contributed by atoms with Gasteiger partial charge in [0.05, 0.1) is 18.7 Å². The summed E-state index contributed by atoms with van der Waals surface area (Å²) in [6, 6.07) is 3.61. The van der Waals surface area contributed by atoms with E-state index in [4.69, 9.17) is 9.15 Å². The molecule has 3 rings (SSSR count). The second kappa shape index (κ2) is 6.43. The summed E-state index contributed by atoms with van der Waals surface area (Å²) in [4.78, 5) is 35.4. The van der Waals surface area contributed by atoms with Gasteiger partial charge in [-0.25, -0.2) is 9.18 Å². The Kier molecular flexibility index (Phi) is 4.33. The monoisotopic (exact) mass is 333 g/mol. The lowest BCUT2D eigenvalue weighted by Crippen LogP contribution is -2.17. The van der Waals surface area contributed by atoms with Crippen molar-refractivity contribution in [1.29, 1.82) is 0 Å². The number of Topliss-reactive ketones (excluding diaryl/α,β-unsaturated/α-hetero) is 1. The van der Waals surface area contributed by atoms with Crippen molar-refractivity contribution in [3.63, 3.8) is 0 Å². The number of hydrogen-bond acceptors (Lipinski definition) is 5. The van der Waals surface area contributed by atoms with E-state index in [0.717, 1.165) is 25.0 Å². The highest BCUT2D eigenvalue weighted by Crippen LogP contribution is 2.32. The molecule has 1 aliphatic rings. The highest BCUT2D eigenvalue weighted by Gasteiger charge is 2.30. The number of ether oxygens (including phenoxy) is 1. The summed E-state index contributed by atoms with van der Waals surface area (Å²) in [7, 11) is 0.